The lowest BCUT2D eigenvalue weighted by molar-refractivity contribution is 0.182. The van der Waals surface area contributed by atoms with Crippen LogP contribution in [-0.4, -0.2) is 34.1 Å². The first-order valence-electron chi connectivity index (χ1n) is 13.5. The van der Waals surface area contributed by atoms with E-state index in [-0.39, 0.29) is 11.6 Å². The van der Waals surface area contributed by atoms with Crippen LogP contribution >= 0.6 is 15.9 Å². The van der Waals surface area contributed by atoms with E-state index in [9.17, 15) is 9.59 Å². The van der Waals surface area contributed by atoms with E-state index < -0.39 is 6.04 Å². The zero-order valence-corrected chi connectivity index (χ0v) is 24.5. The average Bonchev–Trinajstić information content (AvgIpc) is 3.00. The molecule has 4 aromatic carbocycles. The summed E-state index contributed by atoms with van der Waals surface area (Å²) in [5.74, 6) is 1.15. The second-order valence-corrected chi connectivity index (χ2v) is 10.5. The summed E-state index contributed by atoms with van der Waals surface area (Å²) in [6.07, 6.45) is 1.18. The summed E-state index contributed by atoms with van der Waals surface area (Å²) in [7, 11) is 1.59. The van der Waals surface area contributed by atoms with Crippen LogP contribution in [-0.2, 0) is 6.42 Å². The van der Waals surface area contributed by atoms with Gasteiger partial charge in [-0.3, -0.25) is 9.36 Å². The van der Waals surface area contributed by atoms with Crippen LogP contribution in [0.2, 0.25) is 0 Å². The number of benzene rings is 4. The number of halogens is 1. The number of nitrogens with zero attached hydrogens (tertiary/aromatic N) is 3. The molecule has 0 radical (unpaired) electrons. The number of aromatic nitrogens is 2. The molecule has 0 aliphatic heterocycles. The molecular formula is C33H31BrN4O3. The van der Waals surface area contributed by atoms with Gasteiger partial charge in [-0.25, -0.2) is 9.78 Å². The molecule has 1 N–H and O–H groups in total. The molecule has 0 bridgehead atoms. The van der Waals surface area contributed by atoms with Gasteiger partial charge >= 0.3 is 6.03 Å². The topological polar surface area (TPSA) is 76.5 Å². The van der Waals surface area contributed by atoms with Crippen molar-refractivity contribution in [2.45, 2.75) is 25.8 Å². The number of ether oxygens (including phenoxy) is 1. The number of fused-ring (bicyclic) bond motifs is 1. The third-order valence-electron chi connectivity index (χ3n) is 7.01. The van der Waals surface area contributed by atoms with Crippen LogP contribution in [0.4, 0.5) is 10.5 Å². The number of hydrogen-bond donors (Lipinski definition) is 1. The fraction of sp³-hybridized carbons (Fsp3) is 0.182. The average molecular weight is 612 g/mol. The summed E-state index contributed by atoms with van der Waals surface area (Å²) in [6.45, 7) is 2.42. The Morgan fingerprint density at radius 1 is 0.976 bits per heavy atom. The Labute approximate surface area is 247 Å². The standard InChI is InChI=1S/C33H31BrN4O3/c1-3-30(31-36-29-15-8-7-14-28(29)32(39)38(31)26-18-16-24(34)17-19-26)37(21-20-23-10-5-4-6-11-23)33(40)35-25-12-9-13-27(22-25)41-2/h4-19,22,30H,3,20-21H2,1-2H3,(H,35,40). The molecule has 0 fully saturated rings. The van der Waals surface area contributed by atoms with E-state index >= 15 is 0 Å². The van der Waals surface area contributed by atoms with Gasteiger partial charge in [0.25, 0.3) is 5.56 Å². The van der Waals surface area contributed by atoms with Crippen LogP contribution in [0, 0.1) is 0 Å². The molecule has 0 aliphatic carbocycles. The van der Waals surface area contributed by atoms with Crippen molar-refractivity contribution in [3.63, 3.8) is 0 Å². The summed E-state index contributed by atoms with van der Waals surface area (Å²) in [5, 5.41) is 3.56. The molecule has 2 amide bonds. The minimum Gasteiger partial charge on any atom is -0.497 e. The molecular weight excluding hydrogens is 580 g/mol. The van der Waals surface area contributed by atoms with Crippen molar-refractivity contribution in [3.05, 3.63) is 129 Å². The molecule has 0 saturated heterocycles. The highest BCUT2D eigenvalue weighted by atomic mass is 79.9. The van der Waals surface area contributed by atoms with Gasteiger partial charge in [0, 0.05) is 22.8 Å². The van der Waals surface area contributed by atoms with Gasteiger partial charge in [-0.15, -0.1) is 0 Å². The number of carbonyl (C=O) groups excluding carboxylic acids is 1. The number of rotatable bonds is 9. The Hall–Kier alpha value is -4.43. The smallest absolute Gasteiger partial charge is 0.322 e. The van der Waals surface area contributed by atoms with E-state index in [1.807, 2.05) is 97.9 Å². The quantitative estimate of drug-likeness (QED) is 0.189. The Morgan fingerprint density at radius 3 is 2.44 bits per heavy atom. The Morgan fingerprint density at radius 2 is 1.71 bits per heavy atom. The van der Waals surface area contributed by atoms with Gasteiger partial charge < -0.3 is 15.0 Å². The maximum absolute atomic E-state index is 14.0. The van der Waals surface area contributed by atoms with Gasteiger partial charge in [0.1, 0.15) is 11.6 Å². The number of nitrogens with one attached hydrogen (secondary N) is 1. The molecule has 0 spiro atoms. The lowest BCUT2D eigenvalue weighted by Crippen LogP contribution is -2.42. The first-order valence-corrected chi connectivity index (χ1v) is 14.3. The predicted molar refractivity (Wildman–Crippen MR) is 167 cm³/mol. The van der Waals surface area contributed by atoms with Crippen LogP contribution < -0.4 is 15.6 Å². The SMILES string of the molecule is CCC(c1nc2ccccc2c(=O)n1-c1ccc(Br)cc1)N(CCc1ccccc1)C(=O)Nc1cccc(OC)c1. The molecule has 1 atom stereocenters. The van der Waals surface area contributed by atoms with Crippen LogP contribution in [0.5, 0.6) is 5.75 Å². The van der Waals surface area contributed by atoms with Crippen LogP contribution in [0.1, 0.15) is 30.8 Å². The number of anilines is 1. The molecule has 0 saturated carbocycles. The number of urea groups is 1. The molecule has 1 aromatic heterocycles. The largest absolute Gasteiger partial charge is 0.497 e. The third-order valence-corrected chi connectivity index (χ3v) is 7.54. The molecule has 8 heteroatoms. The van der Waals surface area contributed by atoms with Gasteiger partial charge in [0.15, 0.2) is 0 Å². The van der Waals surface area contributed by atoms with Crippen molar-refractivity contribution in [2.24, 2.45) is 0 Å². The number of carbonyl (C=O) groups is 1. The van der Waals surface area contributed by atoms with E-state index in [2.05, 4.69) is 21.2 Å². The van der Waals surface area contributed by atoms with Crippen molar-refractivity contribution in [1.82, 2.24) is 14.5 Å². The summed E-state index contributed by atoms with van der Waals surface area (Å²) in [5.41, 5.74) is 2.82. The third kappa shape index (κ3) is 6.33. The first-order chi connectivity index (χ1) is 20.0. The lowest BCUT2D eigenvalue weighted by atomic mass is 10.1. The van der Waals surface area contributed by atoms with E-state index in [0.29, 0.717) is 53.2 Å². The van der Waals surface area contributed by atoms with E-state index in [4.69, 9.17) is 9.72 Å². The molecule has 0 aliphatic rings. The summed E-state index contributed by atoms with van der Waals surface area (Å²) in [4.78, 5) is 34.8. The minimum absolute atomic E-state index is 0.178. The van der Waals surface area contributed by atoms with Crippen molar-refractivity contribution < 1.29 is 9.53 Å². The Balaban J connectivity index is 1.62. The van der Waals surface area contributed by atoms with Gasteiger partial charge in [-0.2, -0.15) is 0 Å². The van der Waals surface area contributed by atoms with Gasteiger partial charge in [0.05, 0.1) is 29.7 Å². The summed E-state index contributed by atoms with van der Waals surface area (Å²) in [6, 6.07) is 31.4. The highest BCUT2D eigenvalue weighted by molar-refractivity contribution is 9.10. The fourth-order valence-corrected chi connectivity index (χ4v) is 5.21. The predicted octanol–water partition coefficient (Wildman–Crippen LogP) is 7.38. The highest BCUT2D eigenvalue weighted by Crippen LogP contribution is 2.28. The maximum atomic E-state index is 14.0. The normalized spacial score (nSPS) is 11.7. The highest BCUT2D eigenvalue weighted by Gasteiger charge is 2.29. The Kier molecular flexibility index (Phi) is 8.79. The minimum atomic E-state index is -0.495. The van der Waals surface area contributed by atoms with Crippen LogP contribution in [0.25, 0.3) is 16.6 Å². The van der Waals surface area contributed by atoms with Crippen molar-refractivity contribution in [3.8, 4) is 11.4 Å². The second kappa shape index (κ2) is 12.8. The van der Waals surface area contributed by atoms with Crippen LogP contribution in [0.3, 0.4) is 0 Å². The number of methoxy groups -OCH3 is 1. The van der Waals surface area contributed by atoms with E-state index in [1.54, 1.807) is 28.7 Å². The molecule has 7 nitrogen and oxygen atoms in total. The number of para-hydroxylation sites is 1. The number of hydrogen-bond acceptors (Lipinski definition) is 4. The lowest BCUT2D eigenvalue weighted by Gasteiger charge is -2.32. The molecule has 208 valence electrons. The second-order valence-electron chi connectivity index (χ2n) is 9.62. The zero-order valence-electron chi connectivity index (χ0n) is 23.0. The molecule has 1 heterocycles. The van der Waals surface area contributed by atoms with Crippen molar-refractivity contribution >= 4 is 38.6 Å². The van der Waals surface area contributed by atoms with Crippen LogP contribution in [0.15, 0.2) is 112 Å². The van der Waals surface area contributed by atoms with Crippen molar-refractivity contribution in [2.75, 3.05) is 19.0 Å². The monoisotopic (exact) mass is 610 g/mol. The zero-order chi connectivity index (χ0) is 28.8. The summed E-state index contributed by atoms with van der Waals surface area (Å²) >= 11 is 3.49. The molecule has 1 unspecified atom stereocenters. The van der Waals surface area contributed by atoms with E-state index in [0.717, 1.165) is 10.0 Å². The molecule has 5 rings (SSSR count). The summed E-state index contributed by atoms with van der Waals surface area (Å²) < 4.78 is 7.89. The fourth-order valence-electron chi connectivity index (χ4n) is 4.94. The van der Waals surface area contributed by atoms with Gasteiger partial charge in [0.2, 0.25) is 0 Å². The van der Waals surface area contributed by atoms with Crippen molar-refractivity contribution in [1.29, 1.82) is 0 Å². The number of amides is 2. The van der Waals surface area contributed by atoms with E-state index in [1.165, 1.54) is 0 Å². The molecule has 41 heavy (non-hydrogen) atoms. The van der Waals surface area contributed by atoms with Gasteiger partial charge in [-0.1, -0.05) is 71.4 Å². The molecule has 5 aromatic rings. The first kappa shape index (κ1) is 28.1. The van der Waals surface area contributed by atoms with Gasteiger partial charge in [-0.05, 0) is 66.9 Å². The maximum Gasteiger partial charge on any atom is 0.322 e. The Bertz CT molecular complexity index is 1700.